The first kappa shape index (κ1) is 16.3. The van der Waals surface area contributed by atoms with E-state index in [1.165, 1.54) is 6.42 Å². The molecule has 0 aromatic rings. The van der Waals surface area contributed by atoms with Gasteiger partial charge >= 0.3 is 0 Å². The first-order valence-electron chi connectivity index (χ1n) is 9.17. The molecule has 0 aromatic heterocycles. The van der Waals surface area contributed by atoms with Gasteiger partial charge in [0.15, 0.2) is 0 Å². The predicted octanol–water partition coefficient (Wildman–Crippen LogP) is 2.12. The molecular weight excluding hydrogens is 276 g/mol. The van der Waals surface area contributed by atoms with E-state index in [0.717, 1.165) is 51.9 Å². The van der Waals surface area contributed by atoms with Gasteiger partial charge in [-0.15, -0.1) is 0 Å². The number of carbonyl (C=O) groups excluding carboxylic acids is 1. The summed E-state index contributed by atoms with van der Waals surface area (Å²) in [5, 5.41) is 10.9. The summed E-state index contributed by atoms with van der Waals surface area (Å²) in [5.74, 6) is 1.36. The van der Waals surface area contributed by atoms with E-state index in [1.54, 1.807) is 0 Å². The van der Waals surface area contributed by atoms with Crippen LogP contribution in [0, 0.1) is 17.8 Å². The van der Waals surface area contributed by atoms with Crippen molar-refractivity contribution in [2.45, 2.75) is 64.5 Å². The molecule has 3 fully saturated rings. The fraction of sp³-hybridized carbons (Fsp3) is 0.944. The summed E-state index contributed by atoms with van der Waals surface area (Å²) in [7, 11) is 0. The van der Waals surface area contributed by atoms with Crippen LogP contribution in [0.2, 0.25) is 0 Å². The Morgan fingerprint density at radius 2 is 1.82 bits per heavy atom. The molecule has 1 N–H and O–H groups in total. The molecule has 4 heteroatoms. The Labute approximate surface area is 134 Å². The number of β-amino-alcohol motifs (C(OH)–C–C–N with tert-alkyl or cyclic N) is 1. The number of hydrogen-bond acceptors (Lipinski definition) is 3. The maximum Gasteiger partial charge on any atom is 0.225 e. The summed E-state index contributed by atoms with van der Waals surface area (Å²) in [6, 6.07) is 0.542. The van der Waals surface area contributed by atoms with E-state index in [1.807, 2.05) is 0 Å². The van der Waals surface area contributed by atoms with Crippen molar-refractivity contribution in [2.24, 2.45) is 17.8 Å². The van der Waals surface area contributed by atoms with Crippen LogP contribution in [0.3, 0.4) is 0 Å². The van der Waals surface area contributed by atoms with E-state index in [9.17, 15) is 9.90 Å². The number of aliphatic hydroxyl groups is 1. The molecule has 1 aliphatic carbocycles. The van der Waals surface area contributed by atoms with Crippen molar-refractivity contribution < 1.29 is 9.90 Å². The van der Waals surface area contributed by atoms with E-state index >= 15 is 0 Å². The molecule has 3 aliphatic rings. The second-order valence-corrected chi connectivity index (χ2v) is 8.16. The predicted molar refractivity (Wildman–Crippen MR) is 87.5 cm³/mol. The van der Waals surface area contributed by atoms with Gasteiger partial charge in [-0.3, -0.25) is 9.69 Å². The maximum absolute atomic E-state index is 12.3. The Hall–Kier alpha value is -0.610. The lowest BCUT2D eigenvalue weighted by atomic mass is 9.82. The van der Waals surface area contributed by atoms with Gasteiger partial charge in [0, 0.05) is 38.1 Å². The van der Waals surface area contributed by atoms with Crippen molar-refractivity contribution in [3.05, 3.63) is 0 Å². The molecule has 4 nitrogen and oxygen atoms in total. The minimum atomic E-state index is -0.543. The quantitative estimate of drug-likeness (QED) is 0.868. The van der Waals surface area contributed by atoms with Gasteiger partial charge in [-0.25, -0.2) is 0 Å². The van der Waals surface area contributed by atoms with Gasteiger partial charge in [0.25, 0.3) is 0 Å². The van der Waals surface area contributed by atoms with Crippen LogP contribution in [-0.4, -0.2) is 58.6 Å². The van der Waals surface area contributed by atoms with Gasteiger partial charge in [-0.2, -0.15) is 0 Å². The smallest absolute Gasteiger partial charge is 0.225 e. The van der Waals surface area contributed by atoms with Crippen molar-refractivity contribution in [2.75, 3.05) is 26.2 Å². The number of piperidine rings is 1. The van der Waals surface area contributed by atoms with Crippen molar-refractivity contribution in [3.8, 4) is 0 Å². The standard InChI is InChI=1S/C18H32N2O2/c1-13(2)18(22)12-20(11-14(18)3)16-7-9-19(10-8-16)17(21)15-5-4-6-15/h13-16,22H,4-12H2,1-3H3/t14-,18-/m1/s1. The average molecular weight is 308 g/mol. The average Bonchev–Trinajstić information content (AvgIpc) is 2.74. The van der Waals surface area contributed by atoms with Gasteiger partial charge in [0.1, 0.15) is 0 Å². The maximum atomic E-state index is 12.3. The van der Waals surface area contributed by atoms with Crippen LogP contribution in [0.4, 0.5) is 0 Å². The van der Waals surface area contributed by atoms with Gasteiger partial charge in [0.05, 0.1) is 5.60 Å². The number of carbonyl (C=O) groups is 1. The minimum absolute atomic E-state index is 0.299. The molecule has 0 aromatic carbocycles. The fourth-order valence-electron chi connectivity index (χ4n) is 4.45. The molecule has 2 saturated heterocycles. The monoisotopic (exact) mass is 308 g/mol. The minimum Gasteiger partial charge on any atom is -0.388 e. The molecule has 1 saturated carbocycles. The molecule has 3 rings (SSSR count). The molecular formula is C18H32N2O2. The third-order valence-electron chi connectivity index (χ3n) is 6.56. The highest BCUT2D eigenvalue weighted by atomic mass is 16.3. The zero-order chi connectivity index (χ0) is 15.9. The number of hydrogen-bond donors (Lipinski definition) is 1. The molecule has 2 aliphatic heterocycles. The Bertz CT molecular complexity index is 413. The Kier molecular flexibility index (Phi) is 4.52. The first-order valence-corrected chi connectivity index (χ1v) is 9.17. The Balaban J connectivity index is 1.53. The molecule has 1 amide bonds. The summed E-state index contributed by atoms with van der Waals surface area (Å²) in [4.78, 5) is 16.9. The second-order valence-electron chi connectivity index (χ2n) is 8.16. The van der Waals surface area contributed by atoms with Gasteiger partial charge in [-0.1, -0.05) is 27.2 Å². The summed E-state index contributed by atoms with van der Waals surface area (Å²) in [6.07, 6.45) is 5.57. The molecule has 0 radical (unpaired) electrons. The van der Waals surface area contributed by atoms with Crippen molar-refractivity contribution >= 4 is 5.91 Å². The Morgan fingerprint density at radius 3 is 2.27 bits per heavy atom. The topological polar surface area (TPSA) is 43.8 Å². The third kappa shape index (κ3) is 2.80. The Morgan fingerprint density at radius 1 is 1.18 bits per heavy atom. The van der Waals surface area contributed by atoms with E-state index in [0.29, 0.717) is 29.7 Å². The normalized spacial score (nSPS) is 35.1. The molecule has 126 valence electrons. The van der Waals surface area contributed by atoms with Crippen molar-refractivity contribution in [1.82, 2.24) is 9.80 Å². The molecule has 2 atom stereocenters. The SMILES string of the molecule is CC(C)[C@]1(O)CN(C2CCN(C(=O)C3CCC3)CC2)C[C@H]1C. The lowest BCUT2D eigenvalue weighted by Gasteiger charge is -2.40. The summed E-state index contributed by atoms with van der Waals surface area (Å²) >= 11 is 0. The van der Waals surface area contributed by atoms with Gasteiger partial charge < -0.3 is 10.0 Å². The fourth-order valence-corrected chi connectivity index (χ4v) is 4.45. The second kappa shape index (κ2) is 6.12. The van der Waals surface area contributed by atoms with E-state index in [2.05, 4.69) is 30.6 Å². The van der Waals surface area contributed by atoms with Crippen LogP contribution in [0.25, 0.3) is 0 Å². The summed E-state index contributed by atoms with van der Waals surface area (Å²) in [5.41, 5.74) is -0.543. The number of likely N-dealkylation sites (tertiary alicyclic amines) is 2. The molecule has 2 heterocycles. The van der Waals surface area contributed by atoms with E-state index in [-0.39, 0.29) is 0 Å². The van der Waals surface area contributed by atoms with Crippen LogP contribution < -0.4 is 0 Å². The van der Waals surface area contributed by atoms with E-state index in [4.69, 9.17) is 0 Å². The highest BCUT2D eigenvalue weighted by Crippen LogP contribution is 2.37. The van der Waals surface area contributed by atoms with Crippen molar-refractivity contribution in [1.29, 1.82) is 0 Å². The zero-order valence-electron chi connectivity index (χ0n) is 14.4. The zero-order valence-corrected chi connectivity index (χ0v) is 14.4. The molecule has 22 heavy (non-hydrogen) atoms. The number of nitrogens with zero attached hydrogens (tertiary/aromatic N) is 2. The molecule has 0 unspecified atom stereocenters. The third-order valence-corrected chi connectivity index (χ3v) is 6.56. The van der Waals surface area contributed by atoms with Crippen molar-refractivity contribution in [3.63, 3.8) is 0 Å². The molecule has 0 spiro atoms. The van der Waals surface area contributed by atoms with Gasteiger partial charge in [0.2, 0.25) is 5.91 Å². The first-order chi connectivity index (χ1) is 10.4. The van der Waals surface area contributed by atoms with E-state index < -0.39 is 5.60 Å². The van der Waals surface area contributed by atoms with Crippen LogP contribution in [-0.2, 0) is 4.79 Å². The summed E-state index contributed by atoms with van der Waals surface area (Å²) in [6.45, 7) is 10.0. The number of rotatable bonds is 3. The lowest BCUT2D eigenvalue weighted by Crippen LogP contribution is -2.49. The highest BCUT2D eigenvalue weighted by Gasteiger charge is 2.47. The summed E-state index contributed by atoms with van der Waals surface area (Å²) < 4.78 is 0. The number of amides is 1. The van der Waals surface area contributed by atoms with Crippen LogP contribution in [0.1, 0.15) is 52.9 Å². The van der Waals surface area contributed by atoms with Gasteiger partial charge in [-0.05, 0) is 37.5 Å². The van der Waals surface area contributed by atoms with Crippen LogP contribution >= 0.6 is 0 Å². The lowest BCUT2D eigenvalue weighted by molar-refractivity contribution is -0.139. The molecule has 0 bridgehead atoms. The van der Waals surface area contributed by atoms with Crippen LogP contribution in [0.15, 0.2) is 0 Å². The largest absolute Gasteiger partial charge is 0.388 e. The highest BCUT2D eigenvalue weighted by molar-refractivity contribution is 5.79. The van der Waals surface area contributed by atoms with Crippen LogP contribution in [0.5, 0.6) is 0 Å².